The number of hydrogen-bond acceptors (Lipinski definition) is 3. The van der Waals surface area contributed by atoms with E-state index >= 15 is 0 Å². The largest absolute Gasteiger partial charge is 0.496 e. The van der Waals surface area contributed by atoms with Crippen LogP contribution in [0.2, 0.25) is 0 Å². The summed E-state index contributed by atoms with van der Waals surface area (Å²) < 4.78 is 10.7. The van der Waals surface area contributed by atoms with Gasteiger partial charge in [0.25, 0.3) is 5.91 Å². The fourth-order valence-corrected chi connectivity index (χ4v) is 3.20. The van der Waals surface area contributed by atoms with Gasteiger partial charge in [0.2, 0.25) is 0 Å². The van der Waals surface area contributed by atoms with E-state index in [1.54, 1.807) is 14.2 Å². The summed E-state index contributed by atoms with van der Waals surface area (Å²) in [7, 11) is 3.23. The van der Waals surface area contributed by atoms with Crippen molar-refractivity contribution in [1.29, 1.82) is 0 Å². The Morgan fingerprint density at radius 1 is 1.24 bits per heavy atom. The fraction of sp³-hybridized carbons (Fsp3) is 0.588. The Morgan fingerprint density at radius 3 is 2.29 bits per heavy atom. The van der Waals surface area contributed by atoms with Crippen LogP contribution < -0.4 is 9.47 Å². The molecule has 1 aromatic rings. The van der Waals surface area contributed by atoms with Gasteiger partial charge in [0.05, 0.1) is 14.2 Å². The highest BCUT2D eigenvalue weighted by Gasteiger charge is 2.34. The molecule has 0 aliphatic carbocycles. The van der Waals surface area contributed by atoms with Crippen molar-refractivity contribution < 1.29 is 14.3 Å². The molecule has 0 bridgehead atoms. The first-order valence-electron chi connectivity index (χ1n) is 7.58. The third-order valence-electron chi connectivity index (χ3n) is 4.49. The number of nitrogens with zero attached hydrogens (tertiary/aromatic N) is 1. The van der Waals surface area contributed by atoms with Crippen molar-refractivity contribution in [3.05, 3.63) is 23.3 Å². The molecule has 0 saturated carbocycles. The molecule has 0 N–H and O–H groups in total. The molecule has 0 radical (unpaired) electrons. The summed E-state index contributed by atoms with van der Waals surface area (Å²) in [5, 5.41) is 0. The number of likely N-dealkylation sites (tertiary alicyclic amines) is 1. The lowest BCUT2D eigenvalue weighted by atomic mass is 10.1. The van der Waals surface area contributed by atoms with Gasteiger partial charge in [-0.05, 0) is 45.2 Å². The number of carbonyl (C=O) groups excluding carboxylic acids is 1. The van der Waals surface area contributed by atoms with Gasteiger partial charge in [-0.25, -0.2) is 0 Å². The van der Waals surface area contributed by atoms with E-state index in [1.165, 1.54) is 0 Å². The predicted octanol–water partition coefficient (Wildman–Crippen LogP) is 3.42. The topological polar surface area (TPSA) is 38.8 Å². The first kappa shape index (κ1) is 15.7. The fourth-order valence-electron chi connectivity index (χ4n) is 3.20. The van der Waals surface area contributed by atoms with Gasteiger partial charge in [-0.1, -0.05) is 6.92 Å². The maximum Gasteiger partial charge on any atom is 0.254 e. The molecule has 0 spiro atoms. The number of methoxy groups -OCH3 is 2. The van der Waals surface area contributed by atoms with Crippen molar-refractivity contribution in [3.8, 4) is 11.5 Å². The smallest absolute Gasteiger partial charge is 0.254 e. The molecule has 2 atom stereocenters. The highest BCUT2D eigenvalue weighted by Crippen LogP contribution is 2.33. The second-order valence-electron chi connectivity index (χ2n) is 5.71. The normalized spacial score (nSPS) is 21.5. The number of carbonyl (C=O) groups is 1. The van der Waals surface area contributed by atoms with Crippen molar-refractivity contribution in [1.82, 2.24) is 4.90 Å². The van der Waals surface area contributed by atoms with Gasteiger partial charge in [-0.3, -0.25) is 4.79 Å². The molecule has 21 heavy (non-hydrogen) atoms. The molecule has 0 aromatic heterocycles. The van der Waals surface area contributed by atoms with Crippen LogP contribution in [0.3, 0.4) is 0 Å². The standard InChI is InChI=1S/C17H25NO3/c1-6-14-8-7-11(2)18(14)17(19)13-9-15(20-4)12(3)16(10-13)21-5/h9-11,14H,6-8H2,1-5H3/t11-,14-/m0/s1. The summed E-state index contributed by atoms with van der Waals surface area (Å²) in [5.74, 6) is 1.46. The highest BCUT2D eigenvalue weighted by atomic mass is 16.5. The summed E-state index contributed by atoms with van der Waals surface area (Å²) in [4.78, 5) is 14.9. The van der Waals surface area contributed by atoms with E-state index in [4.69, 9.17) is 9.47 Å². The lowest BCUT2D eigenvalue weighted by molar-refractivity contribution is 0.0675. The molecular weight excluding hydrogens is 266 g/mol. The SMILES string of the molecule is CC[C@H]1CC[C@H](C)N1C(=O)c1cc(OC)c(C)c(OC)c1. The summed E-state index contributed by atoms with van der Waals surface area (Å²) in [6.45, 7) is 6.19. The third-order valence-corrected chi connectivity index (χ3v) is 4.49. The summed E-state index contributed by atoms with van der Waals surface area (Å²) in [6.07, 6.45) is 3.16. The quantitative estimate of drug-likeness (QED) is 0.853. The van der Waals surface area contributed by atoms with Gasteiger partial charge in [0.15, 0.2) is 0 Å². The van der Waals surface area contributed by atoms with Crippen molar-refractivity contribution >= 4 is 5.91 Å². The van der Waals surface area contributed by atoms with Crippen LogP contribution in [-0.4, -0.2) is 37.1 Å². The second-order valence-corrected chi connectivity index (χ2v) is 5.71. The van der Waals surface area contributed by atoms with Crippen molar-refractivity contribution in [2.45, 2.75) is 52.1 Å². The van der Waals surface area contributed by atoms with Crippen LogP contribution in [0.1, 0.15) is 49.0 Å². The maximum absolute atomic E-state index is 12.9. The third kappa shape index (κ3) is 2.85. The molecule has 1 fully saturated rings. The minimum absolute atomic E-state index is 0.0726. The number of ether oxygens (including phenoxy) is 2. The Morgan fingerprint density at radius 2 is 1.81 bits per heavy atom. The van der Waals surface area contributed by atoms with Crippen molar-refractivity contribution in [2.24, 2.45) is 0 Å². The Hall–Kier alpha value is -1.71. The number of amides is 1. The van der Waals surface area contributed by atoms with Crippen LogP contribution in [0, 0.1) is 6.92 Å². The zero-order valence-electron chi connectivity index (χ0n) is 13.6. The monoisotopic (exact) mass is 291 g/mol. The Balaban J connectivity index is 2.39. The van der Waals surface area contributed by atoms with Crippen LogP contribution in [-0.2, 0) is 0 Å². The van der Waals surface area contributed by atoms with Crippen LogP contribution in [0.15, 0.2) is 12.1 Å². The Labute approximate surface area is 127 Å². The highest BCUT2D eigenvalue weighted by molar-refractivity contribution is 5.96. The summed E-state index contributed by atoms with van der Waals surface area (Å²) >= 11 is 0. The van der Waals surface area contributed by atoms with Crippen LogP contribution in [0.5, 0.6) is 11.5 Å². The molecule has 4 nitrogen and oxygen atoms in total. The molecule has 2 rings (SSSR count). The van der Waals surface area contributed by atoms with Gasteiger partial charge < -0.3 is 14.4 Å². The van der Waals surface area contributed by atoms with Gasteiger partial charge in [0, 0.05) is 23.2 Å². The van der Waals surface area contributed by atoms with Crippen LogP contribution in [0.4, 0.5) is 0 Å². The lowest BCUT2D eigenvalue weighted by Crippen LogP contribution is -2.39. The van der Waals surface area contributed by atoms with Gasteiger partial charge in [-0.2, -0.15) is 0 Å². The first-order valence-corrected chi connectivity index (χ1v) is 7.58. The number of hydrogen-bond donors (Lipinski definition) is 0. The van der Waals surface area contributed by atoms with Crippen molar-refractivity contribution in [2.75, 3.05) is 14.2 Å². The molecule has 116 valence electrons. The zero-order chi connectivity index (χ0) is 15.6. The zero-order valence-corrected chi connectivity index (χ0v) is 13.6. The number of benzene rings is 1. The Bertz CT molecular complexity index is 502. The first-order chi connectivity index (χ1) is 10.0. The van der Waals surface area contributed by atoms with E-state index in [1.807, 2.05) is 24.0 Å². The van der Waals surface area contributed by atoms with Crippen LogP contribution >= 0.6 is 0 Å². The van der Waals surface area contributed by atoms with E-state index in [0.29, 0.717) is 29.1 Å². The van der Waals surface area contributed by atoms with Gasteiger partial charge in [0.1, 0.15) is 11.5 Å². The van der Waals surface area contributed by atoms with Crippen LogP contribution in [0.25, 0.3) is 0 Å². The van der Waals surface area contributed by atoms with Gasteiger partial charge >= 0.3 is 0 Å². The second kappa shape index (κ2) is 6.37. The molecular formula is C17H25NO3. The maximum atomic E-state index is 12.9. The number of rotatable bonds is 4. The van der Waals surface area contributed by atoms with Crippen molar-refractivity contribution in [3.63, 3.8) is 0 Å². The van der Waals surface area contributed by atoms with Gasteiger partial charge in [-0.15, -0.1) is 0 Å². The molecule has 1 aromatic carbocycles. The predicted molar refractivity (Wildman–Crippen MR) is 83.2 cm³/mol. The Kier molecular flexibility index (Phi) is 4.76. The van der Waals surface area contributed by atoms with E-state index in [2.05, 4.69) is 13.8 Å². The summed E-state index contributed by atoms with van der Waals surface area (Å²) in [5.41, 5.74) is 1.56. The molecule has 1 aliphatic heterocycles. The van der Waals surface area contributed by atoms with E-state index in [0.717, 1.165) is 24.8 Å². The molecule has 4 heteroatoms. The minimum Gasteiger partial charge on any atom is -0.496 e. The molecule has 0 unspecified atom stereocenters. The molecule has 1 saturated heterocycles. The lowest BCUT2D eigenvalue weighted by Gasteiger charge is -2.28. The van der Waals surface area contributed by atoms with E-state index < -0.39 is 0 Å². The minimum atomic E-state index is 0.0726. The average molecular weight is 291 g/mol. The summed E-state index contributed by atoms with van der Waals surface area (Å²) in [6, 6.07) is 4.27. The molecule has 1 aliphatic rings. The molecule has 1 amide bonds. The average Bonchev–Trinajstić information content (AvgIpc) is 2.87. The van der Waals surface area contributed by atoms with E-state index in [9.17, 15) is 4.79 Å². The van der Waals surface area contributed by atoms with E-state index in [-0.39, 0.29) is 5.91 Å². The molecule has 1 heterocycles.